The topological polar surface area (TPSA) is 64.3 Å². The molecule has 0 aliphatic carbocycles. The maximum absolute atomic E-state index is 11.0. The summed E-state index contributed by atoms with van der Waals surface area (Å²) in [4.78, 5) is 15.6. The van der Waals surface area contributed by atoms with Gasteiger partial charge in [-0.1, -0.05) is 6.92 Å². The van der Waals surface area contributed by atoms with Crippen LogP contribution in [0.1, 0.15) is 36.5 Å². The number of nitrogens with zero attached hydrogens (tertiary/aromatic N) is 2. The molecule has 2 rings (SSSR count). The van der Waals surface area contributed by atoms with Crippen molar-refractivity contribution in [3.05, 3.63) is 29.6 Å². The Balaban J connectivity index is 2.40. The number of carbonyl (C=O) groups is 1. The van der Waals surface area contributed by atoms with Gasteiger partial charge in [-0.2, -0.15) is 0 Å². The minimum Gasteiger partial charge on any atom is -0.478 e. The van der Waals surface area contributed by atoms with E-state index in [1.54, 1.807) is 12.1 Å². The molecule has 0 fully saturated rings. The third-order valence-corrected chi connectivity index (χ3v) is 3.21. The van der Waals surface area contributed by atoms with Gasteiger partial charge in [0.1, 0.15) is 5.82 Å². The van der Waals surface area contributed by atoms with Crippen molar-refractivity contribution >= 4 is 17.0 Å². The highest BCUT2D eigenvalue weighted by atomic mass is 16.5. The lowest BCUT2D eigenvalue weighted by atomic mass is 10.2. The van der Waals surface area contributed by atoms with Crippen molar-refractivity contribution in [2.45, 2.75) is 33.2 Å². The second kappa shape index (κ2) is 6.52. The molecular formula is C15H20N2O3. The average molecular weight is 276 g/mol. The Morgan fingerprint density at radius 2 is 2.20 bits per heavy atom. The van der Waals surface area contributed by atoms with Gasteiger partial charge in [0, 0.05) is 19.6 Å². The summed E-state index contributed by atoms with van der Waals surface area (Å²) in [6.45, 7) is 6.15. The predicted molar refractivity (Wildman–Crippen MR) is 77.2 cm³/mol. The van der Waals surface area contributed by atoms with E-state index in [2.05, 4.69) is 16.5 Å². The first kappa shape index (κ1) is 14.5. The zero-order chi connectivity index (χ0) is 14.5. The van der Waals surface area contributed by atoms with Crippen molar-refractivity contribution in [3.8, 4) is 0 Å². The van der Waals surface area contributed by atoms with Crippen LogP contribution >= 0.6 is 0 Å². The van der Waals surface area contributed by atoms with Gasteiger partial charge in [0.05, 0.1) is 23.2 Å². The number of benzene rings is 1. The second-order valence-electron chi connectivity index (χ2n) is 4.64. The monoisotopic (exact) mass is 276 g/mol. The molecule has 1 heterocycles. The third-order valence-electron chi connectivity index (χ3n) is 3.21. The van der Waals surface area contributed by atoms with Crippen LogP contribution in [0.15, 0.2) is 18.2 Å². The van der Waals surface area contributed by atoms with Crippen molar-refractivity contribution in [2.24, 2.45) is 0 Å². The summed E-state index contributed by atoms with van der Waals surface area (Å²) in [6, 6.07) is 5.09. The quantitative estimate of drug-likeness (QED) is 0.790. The van der Waals surface area contributed by atoms with E-state index < -0.39 is 5.97 Å². The number of carboxylic acid groups (broad SMARTS) is 1. The van der Waals surface area contributed by atoms with Gasteiger partial charge in [0.25, 0.3) is 0 Å². The number of aryl methyl sites for hydroxylation is 1. The smallest absolute Gasteiger partial charge is 0.335 e. The molecule has 0 atom stereocenters. The van der Waals surface area contributed by atoms with Gasteiger partial charge in [-0.25, -0.2) is 9.78 Å². The van der Waals surface area contributed by atoms with Crippen LogP contribution in [0, 0.1) is 0 Å². The van der Waals surface area contributed by atoms with Crippen LogP contribution in [-0.2, 0) is 17.7 Å². The molecule has 2 aromatic rings. The van der Waals surface area contributed by atoms with Crippen molar-refractivity contribution < 1.29 is 14.6 Å². The summed E-state index contributed by atoms with van der Waals surface area (Å²) in [5.41, 5.74) is 1.98. The van der Waals surface area contributed by atoms with Crippen LogP contribution in [0.3, 0.4) is 0 Å². The van der Waals surface area contributed by atoms with Gasteiger partial charge in [0.2, 0.25) is 0 Å². The van der Waals surface area contributed by atoms with Gasteiger partial charge < -0.3 is 14.4 Å². The molecule has 20 heavy (non-hydrogen) atoms. The lowest BCUT2D eigenvalue weighted by molar-refractivity contribution is 0.0697. The molecule has 1 aromatic carbocycles. The first-order valence-electron chi connectivity index (χ1n) is 6.97. The van der Waals surface area contributed by atoms with E-state index in [0.717, 1.165) is 36.2 Å². The fraction of sp³-hybridized carbons (Fsp3) is 0.467. The fourth-order valence-electron chi connectivity index (χ4n) is 2.28. The van der Waals surface area contributed by atoms with E-state index in [4.69, 9.17) is 9.84 Å². The number of aromatic carboxylic acids is 1. The second-order valence-corrected chi connectivity index (χ2v) is 4.64. The maximum atomic E-state index is 11.0. The number of fused-ring (bicyclic) bond motifs is 1. The molecule has 108 valence electrons. The molecule has 1 N–H and O–H groups in total. The SMILES string of the molecule is CCCc1nc2cc(C(=O)O)ccc2n1CCOCC. The maximum Gasteiger partial charge on any atom is 0.335 e. The summed E-state index contributed by atoms with van der Waals surface area (Å²) in [6.07, 6.45) is 1.88. The number of carboxylic acids is 1. The zero-order valence-electron chi connectivity index (χ0n) is 11.9. The predicted octanol–water partition coefficient (Wildman–Crippen LogP) is 2.72. The average Bonchev–Trinajstić information content (AvgIpc) is 2.76. The van der Waals surface area contributed by atoms with E-state index in [0.29, 0.717) is 13.2 Å². The van der Waals surface area contributed by atoms with E-state index in [-0.39, 0.29) is 5.56 Å². The van der Waals surface area contributed by atoms with Crippen LogP contribution < -0.4 is 0 Å². The molecule has 5 heteroatoms. The minimum atomic E-state index is -0.923. The third kappa shape index (κ3) is 2.99. The largest absolute Gasteiger partial charge is 0.478 e. The molecule has 0 saturated heterocycles. The van der Waals surface area contributed by atoms with E-state index in [1.165, 1.54) is 0 Å². The Bertz CT molecular complexity index is 604. The van der Waals surface area contributed by atoms with Crippen molar-refractivity contribution in [1.82, 2.24) is 9.55 Å². The Labute approximate surface area is 118 Å². The minimum absolute atomic E-state index is 0.273. The number of hydrogen-bond donors (Lipinski definition) is 1. The molecule has 1 aromatic heterocycles. The molecule has 0 amide bonds. The first-order valence-corrected chi connectivity index (χ1v) is 6.97. The lowest BCUT2D eigenvalue weighted by Gasteiger charge is -2.08. The van der Waals surface area contributed by atoms with Crippen LogP contribution in [-0.4, -0.2) is 33.8 Å². The number of aromatic nitrogens is 2. The Morgan fingerprint density at radius 1 is 1.40 bits per heavy atom. The van der Waals surface area contributed by atoms with Crippen molar-refractivity contribution in [1.29, 1.82) is 0 Å². The lowest BCUT2D eigenvalue weighted by Crippen LogP contribution is -2.09. The summed E-state index contributed by atoms with van der Waals surface area (Å²) < 4.78 is 7.53. The molecule has 0 aliphatic rings. The van der Waals surface area contributed by atoms with Crippen molar-refractivity contribution in [2.75, 3.05) is 13.2 Å². The number of ether oxygens (including phenoxy) is 1. The fourth-order valence-corrected chi connectivity index (χ4v) is 2.28. The molecular weight excluding hydrogens is 256 g/mol. The Kier molecular flexibility index (Phi) is 4.74. The molecule has 0 radical (unpaired) electrons. The van der Waals surface area contributed by atoms with Crippen LogP contribution in [0.25, 0.3) is 11.0 Å². The van der Waals surface area contributed by atoms with E-state index in [9.17, 15) is 4.79 Å². The molecule has 0 aliphatic heterocycles. The molecule has 0 spiro atoms. The molecule has 5 nitrogen and oxygen atoms in total. The number of imidazole rings is 1. The molecule has 0 unspecified atom stereocenters. The van der Waals surface area contributed by atoms with E-state index in [1.807, 2.05) is 13.0 Å². The first-order chi connectivity index (χ1) is 9.67. The molecule has 0 saturated carbocycles. The summed E-state index contributed by atoms with van der Waals surface area (Å²) in [7, 11) is 0. The van der Waals surface area contributed by atoms with Gasteiger partial charge in [-0.05, 0) is 31.5 Å². The molecule has 0 bridgehead atoms. The highest BCUT2D eigenvalue weighted by Gasteiger charge is 2.12. The Hall–Kier alpha value is -1.88. The standard InChI is InChI=1S/C15H20N2O3/c1-3-5-14-16-12-10-11(15(18)19)6-7-13(12)17(14)8-9-20-4-2/h6-7,10H,3-5,8-9H2,1-2H3,(H,18,19). The summed E-state index contributed by atoms with van der Waals surface area (Å²) >= 11 is 0. The highest BCUT2D eigenvalue weighted by Crippen LogP contribution is 2.19. The van der Waals surface area contributed by atoms with Gasteiger partial charge in [0.15, 0.2) is 0 Å². The van der Waals surface area contributed by atoms with Crippen LogP contribution in [0.2, 0.25) is 0 Å². The van der Waals surface area contributed by atoms with Crippen LogP contribution in [0.5, 0.6) is 0 Å². The van der Waals surface area contributed by atoms with Gasteiger partial charge in [-0.3, -0.25) is 0 Å². The van der Waals surface area contributed by atoms with Gasteiger partial charge >= 0.3 is 5.97 Å². The number of hydrogen-bond acceptors (Lipinski definition) is 3. The zero-order valence-corrected chi connectivity index (χ0v) is 11.9. The summed E-state index contributed by atoms with van der Waals surface area (Å²) in [5, 5.41) is 9.04. The van der Waals surface area contributed by atoms with Gasteiger partial charge in [-0.15, -0.1) is 0 Å². The summed E-state index contributed by atoms with van der Waals surface area (Å²) in [5.74, 6) is 0.0672. The normalized spacial score (nSPS) is 11.1. The highest BCUT2D eigenvalue weighted by molar-refractivity contribution is 5.92. The Morgan fingerprint density at radius 3 is 2.85 bits per heavy atom. The van der Waals surface area contributed by atoms with E-state index >= 15 is 0 Å². The number of rotatable bonds is 7. The van der Waals surface area contributed by atoms with Crippen molar-refractivity contribution in [3.63, 3.8) is 0 Å². The van der Waals surface area contributed by atoms with Crippen LogP contribution in [0.4, 0.5) is 0 Å².